The smallest absolute Gasteiger partial charge is 0.270 e. The summed E-state index contributed by atoms with van der Waals surface area (Å²) in [4.78, 5) is 18.8. The lowest BCUT2D eigenvalue weighted by molar-refractivity contribution is 0.625. The summed E-state index contributed by atoms with van der Waals surface area (Å²) < 4.78 is 13.9. The van der Waals surface area contributed by atoms with Crippen LogP contribution in [0.5, 0.6) is 0 Å². The van der Waals surface area contributed by atoms with Crippen molar-refractivity contribution < 1.29 is 4.39 Å². The highest BCUT2D eigenvalue weighted by atomic mass is 35.5. The SMILES string of the molecule is Cc1cc(C=NNc2nc(-c3ccccc3)c(C#N)c(=O)[nH]2)c(F)cc1Cl. The molecular weight excluding hydrogens is 369 g/mol. The van der Waals surface area contributed by atoms with Crippen molar-refractivity contribution in [3.05, 3.63) is 80.3 Å². The van der Waals surface area contributed by atoms with Crippen molar-refractivity contribution in [1.29, 1.82) is 5.26 Å². The number of anilines is 1. The number of rotatable bonds is 4. The molecule has 1 heterocycles. The van der Waals surface area contributed by atoms with Gasteiger partial charge in [0.05, 0.1) is 11.9 Å². The molecule has 3 rings (SSSR count). The highest BCUT2D eigenvalue weighted by Gasteiger charge is 2.13. The van der Waals surface area contributed by atoms with Gasteiger partial charge in [0.25, 0.3) is 5.56 Å². The number of nitrogens with zero attached hydrogens (tertiary/aromatic N) is 3. The van der Waals surface area contributed by atoms with E-state index < -0.39 is 11.4 Å². The molecule has 0 aliphatic rings. The van der Waals surface area contributed by atoms with Gasteiger partial charge in [-0.05, 0) is 24.6 Å². The van der Waals surface area contributed by atoms with Crippen LogP contribution in [0.15, 0.2) is 52.4 Å². The Labute approximate surface area is 159 Å². The van der Waals surface area contributed by atoms with Crippen molar-refractivity contribution in [2.45, 2.75) is 6.92 Å². The van der Waals surface area contributed by atoms with Crippen LogP contribution in [0.1, 0.15) is 16.7 Å². The summed E-state index contributed by atoms with van der Waals surface area (Å²) in [6.45, 7) is 1.75. The van der Waals surface area contributed by atoms with E-state index >= 15 is 0 Å². The minimum absolute atomic E-state index is 0.0280. The predicted octanol–water partition coefficient (Wildman–Crippen LogP) is 3.86. The molecule has 1 aromatic heterocycles. The summed E-state index contributed by atoms with van der Waals surface area (Å²) in [6, 6.07) is 13.4. The number of aromatic nitrogens is 2. The van der Waals surface area contributed by atoms with Gasteiger partial charge in [-0.25, -0.2) is 14.8 Å². The molecule has 0 saturated heterocycles. The molecule has 0 radical (unpaired) electrons. The Hall–Kier alpha value is -3.50. The third-order valence-electron chi connectivity index (χ3n) is 3.73. The minimum Gasteiger partial charge on any atom is -0.290 e. The topological polar surface area (TPSA) is 93.9 Å². The Morgan fingerprint density at radius 3 is 2.78 bits per heavy atom. The van der Waals surface area contributed by atoms with Crippen LogP contribution in [0.4, 0.5) is 10.3 Å². The van der Waals surface area contributed by atoms with Crippen LogP contribution in [0.3, 0.4) is 0 Å². The van der Waals surface area contributed by atoms with Gasteiger partial charge in [0.15, 0.2) is 0 Å². The number of benzene rings is 2. The maximum absolute atomic E-state index is 13.9. The lowest BCUT2D eigenvalue weighted by atomic mass is 10.1. The molecule has 3 aromatic rings. The van der Waals surface area contributed by atoms with E-state index in [9.17, 15) is 14.4 Å². The summed E-state index contributed by atoms with van der Waals surface area (Å²) in [5, 5.41) is 13.5. The van der Waals surface area contributed by atoms with Gasteiger partial charge in [-0.15, -0.1) is 0 Å². The third-order valence-corrected chi connectivity index (χ3v) is 4.14. The zero-order valence-electron chi connectivity index (χ0n) is 14.1. The highest BCUT2D eigenvalue weighted by Crippen LogP contribution is 2.20. The van der Waals surface area contributed by atoms with E-state index in [1.165, 1.54) is 12.3 Å². The summed E-state index contributed by atoms with van der Waals surface area (Å²) >= 11 is 5.86. The molecule has 6 nitrogen and oxygen atoms in total. The molecule has 0 saturated carbocycles. The number of aromatic amines is 1. The molecule has 27 heavy (non-hydrogen) atoms. The first-order chi connectivity index (χ1) is 13.0. The quantitative estimate of drug-likeness (QED) is 0.530. The number of halogens is 2. The lowest BCUT2D eigenvalue weighted by Crippen LogP contribution is -2.16. The standard InChI is InChI=1S/C19H13ClFN5O/c1-11-7-13(16(21)8-15(11)20)10-23-26-19-24-17(12-5-3-2-4-6-12)14(9-22)18(27)25-19/h2-8,10H,1H3,(H2,24,25,26,27). The van der Waals surface area contributed by atoms with Crippen LogP contribution in [0.25, 0.3) is 11.3 Å². The average Bonchev–Trinajstić information content (AvgIpc) is 2.66. The van der Waals surface area contributed by atoms with Crippen molar-refractivity contribution in [2.75, 3.05) is 5.43 Å². The van der Waals surface area contributed by atoms with Gasteiger partial charge in [-0.3, -0.25) is 9.78 Å². The molecule has 134 valence electrons. The molecule has 0 aliphatic carbocycles. The van der Waals surface area contributed by atoms with Gasteiger partial charge in [-0.2, -0.15) is 10.4 Å². The van der Waals surface area contributed by atoms with Crippen molar-refractivity contribution in [3.8, 4) is 17.3 Å². The van der Waals surface area contributed by atoms with Crippen LogP contribution in [0, 0.1) is 24.1 Å². The highest BCUT2D eigenvalue weighted by molar-refractivity contribution is 6.31. The number of hydrogen-bond donors (Lipinski definition) is 2. The van der Waals surface area contributed by atoms with Crippen LogP contribution in [-0.2, 0) is 0 Å². The lowest BCUT2D eigenvalue weighted by Gasteiger charge is -2.06. The second kappa shape index (κ2) is 7.81. The first kappa shape index (κ1) is 18.3. The van der Waals surface area contributed by atoms with Crippen LogP contribution < -0.4 is 11.0 Å². The van der Waals surface area contributed by atoms with Gasteiger partial charge >= 0.3 is 0 Å². The summed E-state index contributed by atoms with van der Waals surface area (Å²) in [7, 11) is 0. The van der Waals surface area contributed by atoms with Crippen molar-refractivity contribution >= 4 is 23.8 Å². The minimum atomic E-state index is -0.599. The Morgan fingerprint density at radius 1 is 1.33 bits per heavy atom. The Morgan fingerprint density at radius 2 is 2.07 bits per heavy atom. The van der Waals surface area contributed by atoms with Crippen LogP contribution in [0.2, 0.25) is 5.02 Å². The van der Waals surface area contributed by atoms with E-state index in [4.69, 9.17) is 11.6 Å². The zero-order valence-corrected chi connectivity index (χ0v) is 14.9. The van der Waals surface area contributed by atoms with Crippen molar-refractivity contribution in [2.24, 2.45) is 5.10 Å². The zero-order chi connectivity index (χ0) is 19.4. The van der Waals surface area contributed by atoms with Crippen molar-refractivity contribution in [1.82, 2.24) is 9.97 Å². The molecule has 0 unspecified atom stereocenters. The number of hydrazone groups is 1. The van der Waals surface area contributed by atoms with E-state index in [2.05, 4.69) is 20.5 Å². The van der Waals surface area contributed by atoms with E-state index in [0.717, 1.165) is 0 Å². The Bertz CT molecular complexity index is 1120. The maximum atomic E-state index is 13.9. The molecule has 2 N–H and O–H groups in total. The Kier molecular flexibility index (Phi) is 5.29. The normalized spacial score (nSPS) is 10.7. The van der Waals surface area contributed by atoms with Crippen molar-refractivity contribution in [3.63, 3.8) is 0 Å². The van der Waals surface area contributed by atoms with Gasteiger partial charge in [0.2, 0.25) is 5.95 Å². The van der Waals surface area contributed by atoms with Gasteiger partial charge in [0, 0.05) is 16.1 Å². The molecule has 0 spiro atoms. The van der Waals surface area contributed by atoms with E-state index in [1.807, 2.05) is 12.1 Å². The largest absolute Gasteiger partial charge is 0.290 e. The monoisotopic (exact) mass is 381 g/mol. The second-order valence-electron chi connectivity index (χ2n) is 5.61. The van der Waals surface area contributed by atoms with E-state index in [1.54, 1.807) is 37.3 Å². The molecule has 0 atom stereocenters. The molecule has 0 fully saturated rings. The molecule has 0 amide bonds. The fourth-order valence-electron chi connectivity index (χ4n) is 2.38. The third kappa shape index (κ3) is 4.02. The number of nitriles is 1. The average molecular weight is 382 g/mol. The number of hydrogen-bond acceptors (Lipinski definition) is 5. The molecule has 0 aliphatic heterocycles. The van der Waals surface area contributed by atoms with E-state index in [0.29, 0.717) is 16.1 Å². The van der Waals surface area contributed by atoms with Crippen LogP contribution >= 0.6 is 11.6 Å². The molecule has 0 bridgehead atoms. The maximum Gasteiger partial charge on any atom is 0.270 e. The predicted molar refractivity (Wildman–Crippen MR) is 102 cm³/mol. The summed E-state index contributed by atoms with van der Waals surface area (Å²) in [6.07, 6.45) is 1.25. The van der Waals surface area contributed by atoms with Gasteiger partial charge in [0.1, 0.15) is 17.4 Å². The Balaban J connectivity index is 1.93. The number of aryl methyl sites for hydroxylation is 1. The van der Waals surface area contributed by atoms with Gasteiger partial charge in [-0.1, -0.05) is 41.9 Å². The number of nitrogens with one attached hydrogen (secondary N) is 2. The molecule has 2 aromatic carbocycles. The first-order valence-corrected chi connectivity index (χ1v) is 8.22. The number of H-pyrrole nitrogens is 1. The summed E-state index contributed by atoms with van der Waals surface area (Å²) in [5.41, 5.74) is 3.63. The fourth-order valence-corrected chi connectivity index (χ4v) is 2.53. The van der Waals surface area contributed by atoms with Gasteiger partial charge < -0.3 is 0 Å². The first-order valence-electron chi connectivity index (χ1n) is 7.84. The molecular formula is C19H13ClFN5O. The second-order valence-corrected chi connectivity index (χ2v) is 6.02. The van der Waals surface area contributed by atoms with Crippen LogP contribution in [-0.4, -0.2) is 16.2 Å². The summed E-state index contributed by atoms with van der Waals surface area (Å²) in [5.74, 6) is -0.498. The molecule has 8 heteroatoms. The fraction of sp³-hybridized carbons (Fsp3) is 0.0526. The van der Waals surface area contributed by atoms with E-state index in [-0.39, 0.29) is 22.8 Å².